The van der Waals surface area contributed by atoms with Gasteiger partial charge in [-0.05, 0) is 47.4 Å². The first-order valence-corrected chi connectivity index (χ1v) is 8.95. The predicted molar refractivity (Wildman–Crippen MR) is 103 cm³/mol. The number of aromatic nitrogens is 2. The molecule has 4 rings (SSSR count). The number of carbonyl (C=O) groups is 1. The molecular formula is C20H13F2N3OS. The quantitative estimate of drug-likeness (QED) is 0.545. The molecular weight excluding hydrogens is 368 g/mol. The second-order valence-electron chi connectivity index (χ2n) is 5.76. The molecule has 7 heteroatoms. The van der Waals surface area contributed by atoms with Crippen LogP contribution in [0.25, 0.3) is 23.1 Å². The number of hydrogen-bond donors (Lipinski definition) is 1. The number of fused-ring (bicyclic) bond motifs is 1. The van der Waals surface area contributed by atoms with Crippen LogP contribution < -0.4 is 5.43 Å². The van der Waals surface area contributed by atoms with Gasteiger partial charge in [0, 0.05) is 11.5 Å². The summed E-state index contributed by atoms with van der Waals surface area (Å²) in [6.07, 6.45) is 3.51. The molecule has 0 aliphatic carbocycles. The minimum atomic E-state index is -0.428. The molecule has 134 valence electrons. The summed E-state index contributed by atoms with van der Waals surface area (Å²) in [6, 6.07) is 13.7. The summed E-state index contributed by atoms with van der Waals surface area (Å²) in [5.41, 5.74) is 4.46. The number of nitrogens with one attached hydrogen (secondary N) is 1. The van der Waals surface area contributed by atoms with Gasteiger partial charge in [-0.1, -0.05) is 24.3 Å². The van der Waals surface area contributed by atoms with Crippen LogP contribution in [0.15, 0.2) is 60.0 Å². The number of amides is 1. The van der Waals surface area contributed by atoms with Crippen molar-refractivity contribution < 1.29 is 13.6 Å². The second kappa shape index (κ2) is 7.13. The summed E-state index contributed by atoms with van der Waals surface area (Å²) >= 11 is 1.30. The number of carbonyl (C=O) groups excluding carboxylic acids is 1. The molecule has 0 fully saturated rings. The zero-order chi connectivity index (χ0) is 18.8. The molecule has 27 heavy (non-hydrogen) atoms. The summed E-state index contributed by atoms with van der Waals surface area (Å²) in [4.78, 5) is 14.1. The number of nitrogens with zero attached hydrogens (tertiary/aromatic N) is 2. The number of hydrogen-bond acceptors (Lipinski definition) is 3. The monoisotopic (exact) mass is 381 g/mol. The Morgan fingerprint density at radius 1 is 1.04 bits per heavy atom. The van der Waals surface area contributed by atoms with Crippen molar-refractivity contribution in [3.63, 3.8) is 0 Å². The SMILES string of the molecule is O=C(Nn1nc(C=Cc2ccc(F)cc2)c2ccc(F)cc21)c1cccs1. The molecule has 4 aromatic rings. The second-order valence-corrected chi connectivity index (χ2v) is 6.71. The van der Waals surface area contributed by atoms with Crippen LogP contribution in [-0.2, 0) is 0 Å². The summed E-state index contributed by atoms with van der Waals surface area (Å²) < 4.78 is 26.7. The van der Waals surface area contributed by atoms with Crippen LogP contribution in [0.2, 0.25) is 0 Å². The Hall–Kier alpha value is -3.32. The molecule has 0 aliphatic rings. The van der Waals surface area contributed by atoms with Gasteiger partial charge >= 0.3 is 0 Å². The highest BCUT2D eigenvalue weighted by atomic mass is 32.1. The Balaban J connectivity index is 1.71. The van der Waals surface area contributed by atoms with E-state index in [9.17, 15) is 13.6 Å². The summed E-state index contributed by atoms with van der Waals surface area (Å²) in [5, 5.41) is 6.85. The van der Waals surface area contributed by atoms with Crippen molar-refractivity contribution in [2.45, 2.75) is 0 Å². The molecule has 0 atom stereocenters. The lowest BCUT2D eigenvalue weighted by Gasteiger charge is -2.04. The first-order valence-electron chi connectivity index (χ1n) is 8.07. The Morgan fingerprint density at radius 3 is 2.56 bits per heavy atom. The van der Waals surface area contributed by atoms with Gasteiger partial charge < -0.3 is 0 Å². The molecule has 4 nitrogen and oxygen atoms in total. The first-order chi connectivity index (χ1) is 13.1. The lowest BCUT2D eigenvalue weighted by atomic mass is 10.1. The van der Waals surface area contributed by atoms with Crippen LogP contribution in [0.1, 0.15) is 20.9 Å². The molecule has 0 saturated carbocycles. The van der Waals surface area contributed by atoms with Crippen molar-refractivity contribution in [2.24, 2.45) is 0 Å². The van der Waals surface area contributed by atoms with Gasteiger partial charge in [-0.2, -0.15) is 9.89 Å². The van der Waals surface area contributed by atoms with Crippen molar-refractivity contribution in [3.05, 3.63) is 87.7 Å². The van der Waals surface area contributed by atoms with Crippen molar-refractivity contribution in [1.29, 1.82) is 0 Å². The molecule has 0 radical (unpaired) electrons. The predicted octanol–water partition coefficient (Wildman–Crippen LogP) is 4.93. The van der Waals surface area contributed by atoms with Gasteiger partial charge in [-0.3, -0.25) is 4.79 Å². The Bertz CT molecular complexity index is 1130. The normalized spacial score (nSPS) is 11.3. The lowest BCUT2D eigenvalue weighted by molar-refractivity contribution is 0.101. The van der Waals surface area contributed by atoms with Crippen LogP contribution in [0, 0.1) is 11.6 Å². The lowest BCUT2D eigenvalue weighted by Crippen LogP contribution is -2.23. The van der Waals surface area contributed by atoms with E-state index in [-0.39, 0.29) is 11.7 Å². The molecule has 0 aliphatic heterocycles. The highest BCUT2D eigenvalue weighted by molar-refractivity contribution is 7.12. The molecule has 0 bridgehead atoms. The van der Waals surface area contributed by atoms with E-state index in [1.54, 1.807) is 47.9 Å². The third kappa shape index (κ3) is 3.63. The van der Waals surface area contributed by atoms with Gasteiger partial charge in [0.15, 0.2) is 0 Å². The van der Waals surface area contributed by atoms with Gasteiger partial charge in [-0.25, -0.2) is 14.2 Å². The average Bonchev–Trinajstić information content (AvgIpc) is 3.30. The van der Waals surface area contributed by atoms with E-state index in [4.69, 9.17) is 0 Å². The Morgan fingerprint density at radius 2 is 1.81 bits per heavy atom. The number of halogens is 2. The number of benzene rings is 2. The van der Waals surface area contributed by atoms with Crippen LogP contribution in [0.4, 0.5) is 8.78 Å². The third-order valence-corrected chi connectivity index (χ3v) is 4.80. The van der Waals surface area contributed by atoms with E-state index in [2.05, 4.69) is 10.5 Å². The Kier molecular flexibility index (Phi) is 4.52. The fourth-order valence-corrected chi connectivity index (χ4v) is 3.24. The fourth-order valence-electron chi connectivity index (χ4n) is 2.63. The minimum absolute atomic E-state index is 0.311. The Labute approximate surface area is 157 Å². The summed E-state index contributed by atoms with van der Waals surface area (Å²) in [6.45, 7) is 0. The minimum Gasteiger partial charge on any atom is -0.266 e. The maximum absolute atomic E-state index is 13.7. The van der Waals surface area contributed by atoms with E-state index in [1.807, 2.05) is 0 Å². The van der Waals surface area contributed by atoms with E-state index in [0.29, 0.717) is 21.5 Å². The molecule has 0 saturated heterocycles. The molecule has 1 amide bonds. The van der Waals surface area contributed by atoms with Crippen LogP contribution in [0.3, 0.4) is 0 Å². The zero-order valence-corrected chi connectivity index (χ0v) is 14.7. The highest BCUT2D eigenvalue weighted by Gasteiger charge is 2.13. The van der Waals surface area contributed by atoms with Crippen molar-refractivity contribution in [1.82, 2.24) is 9.89 Å². The van der Waals surface area contributed by atoms with Crippen molar-refractivity contribution >= 4 is 40.3 Å². The van der Waals surface area contributed by atoms with Gasteiger partial charge in [0.1, 0.15) is 11.6 Å². The average molecular weight is 381 g/mol. The maximum Gasteiger partial charge on any atom is 0.281 e. The van der Waals surface area contributed by atoms with Gasteiger partial charge in [-0.15, -0.1) is 11.3 Å². The highest BCUT2D eigenvalue weighted by Crippen LogP contribution is 2.22. The van der Waals surface area contributed by atoms with Gasteiger partial charge in [0.05, 0.1) is 16.1 Å². The standard InChI is InChI=1S/C20H13F2N3OS/c21-14-6-3-13(4-7-14)5-10-17-16-9-8-15(22)12-18(16)25(23-17)24-20(26)19-2-1-11-27-19/h1-12H,(H,24,26). The van der Waals surface area contributed by atoms with E-state index < -0.39 is 5.82 Å². The molecule has 2 aromatic carbocycles. The summed E-state index contributed by atoms with van der Waals surface area (Å²) in [5.74, 6) is -1.07. The molecule has 1 N–H and O–H groups in total. The fraction of sp³-hybridized carbons (Fsp3) is 0. The largest absolute Gasteiger partial charge is 0.281 e. The number of thiophene rings is 1. The molecule has 0 spiro atoms. The van der Waals surface area contributed by atoms with Gasteiger partial charge in [0.25, 0.3) is 5.91 Å². The van der Waals surface area contributed by atoms with Crippen LogP contribution >= 0.6 is 11.3 Å². The maximum atomic E-state index is 13.7. The first kappa shape index (κ1) is 17.1. The van der Waals surface area contributed by atoms with E-state index in [1.165, 1.54) is 40.4 Å². The number of rotatable bonds is 4. The topological polar surface area (TPSA) is 46.9 Å². The van der Waals surface area contributed by atoms with Crippen molar-refractivity contribution in [2.75, 3.05) is 5.43 Å². The molecule has 0 unspecified atom stereocenters. The van der Waals surface area contributed by atoms with Gasteiger partial charge in [0.2, 0.25) is 0 Å². The smallest absolute Gasteiger partial charge is 0.266 e. The molecule has 2 aromatic heterocycles. The van der Waals surface area contributed by atoms with Crippen molar-refractivity contribution in [3.8, 4) is 0 Å². The zero-order valence-electron chi connectivity index (χ0n) is 13.9. The van der Waals surface area contributed by atoms with Crippen LogP contribution in [-0.4, -0.2) is 15.8 Å². The third-order valence-electron chi connectivity index (χ3n) is 3.93. The van der Waals surface area contributed by atoms with E-state index >= 15 is 0 Å². The van der Waals surface area contributed by atoms with E-state index in [0.717, 1.165) is 5.56 Å². The molecule has 2 heterocycles. The summed E-state index contributed by atoms with van der Waals surface area (Å²) in [7, 11) is 0. The van der Waals surface area contributed by atoms with Crippen LogP contribution in [0.5, 0.6) is 0 Å².